The zero-order valence-electron chi connectivity index (χ0n) is 20.8. The third-order valence-corrected chi connectivity index (χ3v) is 9.78. The van der Waals surface area contributed by atoms with Crippen molar-refractivity contribution in [3.63, 3.8) is 0 Å². The van der Waals surface area contributed by atoms with Gasteiger partial charge >= 0.3 is 0 Å². The Bertz CT molecular complexity index is 1440. The number of nitrogens with one attached hydrogen (secondary N) is 2. The summed E-state index contributed by atoms with van der Waals surface area (Å²) in [6.45, 7) is 4.25. The van der Waals surface area contributed by atoms with Gasteiger partial charge in [-0.15, -0.1) is 0 Å². The second-order valence-electron chi connectivity index (χ2n) is 9.30. The van der Waals surface area contributed by atoms with E-state index < -0.39 is 20.0 Å². The van der Waals surface area contributed by atoms with Crippen LogP contribution in [0.4, 0.5) is 11.4 Å². The van der Waals surface area contributed by atoms with E-state index in [4.69, 9.17) is 0 Å². The molecule has 37 heavy (non-hydrogen) atoms. The fourth-order valence-corrected chi connectivity index (χ4v) is 7.17. The Hall–Kier alpha value is -3.21. The molecule has 0 bridgehead atoms. The van der Waals surface area contributed by atoms with Crippen molar-refractivity contribution in [2.24, 2.45) is 5.92 Å². The molecule has 1 fully saturated rings. The Morgan fingerprint density at radius 1 is 0.838 bits per heavy atom. The average molecular weight is 542 g/mol. The Morgan fingerprint density at radius 3 is 2.03 bits per heavy atom. The second kappa shape index (κ2) is 11.0. The lowest BCUT2D eigenvalue weighted by Crippen LogP contribution is -2.41. The number of carbonyl (C=O) groups excluding carboxylic acids is 1. The maximum absolute atomic E-state index is 12.9. The van der Waals surface area contributed by atoms with E-state index in [0.29, 0.717) is 24.2 Å². The zero-order valence-corrected chi connectivity index (χ0v) is 22.5. The Labute approximate surface area is 218 Å². The molecule has 196 valence electrons. The van der Waals surface area contributed by atoms with Crippen LogP contribution in [-0.4, -0.2) is 40.1 Å². The van der Waals surface area contributed by atoms with Crippen molar-refractivity contribution in [2.75, 3.05) is 23.1 Å². The van der Waals surface area contributed by atoms with Crippen molar-refractivity contribution >= 4 is 37.3 Å². The molecular weight excluding hydrogens is 510 g/mol. The number of hydrogen-bond donors (Lipinski definition) is 2. The van der Waals surface area contributed by atoms with Crippen LogP contribution >= 0.6 is 0 Å². The standard InChI is InChI=1S/C27H31N3O5S2/c1-20-7-6-8-21(2)26(20)29-37(34,35)25-13-11-24(12-14-25)28-27(31)23-15-17-30(18-16-23)36(32,33)19-22-9-4-3-5-10-22/h3-14,23,29H,15-19H2,1-2H3,(H,28,31). The van der Waals surface area contributed by atoms with Crippen LogP contribution in [0.2, 0.25) is 0 Å². The summed E-state index contributed by atoms with van der Waals surface area (Å²) >= 11 is 0. The lowest BCUT2D eigenvalue weighted by molar-refractivity contribution is -0.120. The number of benzene rings is 3. The maximum Gasteiger partial charge on any atom is 0.261 e. The number of sulfonamides is 2. The summed E-state index contributed by atoms with van der Waals surface area (Å²) < 4.78 is 55.3. The van der Waals surface area contributed by atoms with Crippen molar-refractivity contribution < 1.29 is 21.6 Å². The summed E-state index contributed by atoms with van der Waals surface area (Å²) in [5.74, 6) is -0.584. The maximum atomic E-state index is 12.9. The van der Waals surface area contributed by atoms with Crippen molar-refractivity contribution in [1.82, 2.24) is 4.31 Å². The molecule has 0 unspecified atom stereocenters. The normalized spacial score (nSPS) is 15.3. The number of piperidine rings is 1. The van der Waals surface area contributed by atoms with E-state index >= 15 is 0 Å². The van der Waals surface area contributed by atoms with Gasteiger partial charge in [-0.2, -0.15) is 0 Å². The minimum absolute atomic E-state index is 0.0573. The van der Waals surface area contributed by atoms with E-state index in [1.165, 1.54) is 16.4 Å². The van der Waals surface area contributed by atoms with Gasteiger partial charge in [-0.25, -0.2) is 21.1 Å². The topological polar surface area (TPSA) is 113 Å². The number of anilines is 2. The molecule has 10 heteroatoms. The molecule has 1 saturated heterocycles. The highest BCUT2D eigenvalue weighted by molar-refractivity contribution is 7.92. The predicted octanol–water partition coefficient (Wildman–Crippen LogP) is 4.28. The fourth-order valence-electron chi connectivity index (χ4n) is 4.40. The largest absolute Gasteiger partial charge is 0.326 e. The average Bonchev–Trinajstić information content (AvgIpc) is 2.87. The van der Waals surface area contributed by atoms with Gasteiger partial charge in [-0.3, -0.25) is 9.52 Å². The fraction of sp³-hybridized carbons (Fsp3) is 0.296. The number of aryl methyl sites for hydroxylation is 2. The van der Waals surface area contributed by atoms with Gasteiger partial charge in [0.05, 0.1) is 16.3 Å². The predicted molar refractivity (Wildman–Crippen MR) is 145 cm³/mol. The highest BCUT2D eigenvalue weighted by atomic mass is 32.2. The quantitative estimate of drug-likeness (QED) is 0.442. The van der Waals surface area contributed by atoms with E-state index in [1.54, 1.807) is 24.3 Å². The Kier molecular flexibility index (Phi) is 8.01. The van der Waals surface area contributed by atoms with E-state index in [9.17, 15) is 21.6 Å². The lowest BCUT2D eigenvalue weighted by atomic mass is 9.97. The molecule has 1 heterocycles. The highest BCUT2D eigenvalue weighted by Gasteiger charge is 2.31. The number of amides is 1. The van der Waals surface area contributed by atoms with Gasteiger partial charge in [-0.1, -0.05) is 48.5 Å². The molecule has 8 nitrogen and oxygen atoms in total. The first-order chi connectivity index (χ1) is 17.5. The van der Waals surface area contributed by atoms with Crippen molar-refractivity contribution in [1.29, 1.82) is 0 Å². The van der Waals surface area contributed by atoms with Crippen LogP contribution in [0.1, 0.15) is 29.5 Å². The molecule has 1 aliphatic rings. The SMILES string of the molecule is Cc1cccc(C)c1NS(=O)(=O)c1ccc(NC(=O)C2CCN(S(=O)(=O)Cc3ccccc3)CC2)cc1. The molecule has 1 aliphatic heterocycles. The van der Waals surface area contributed by atoms with E-state index in [2.05, 4.69) is 10.0 Å². The molecular formula is C27H31N3O5S2. The second-order valence-corrected chi connectivity index (χ2v) is 13.0. The molecule has 0 saturated carbocycles. The molecule has 3 aromatic rings. The van der Waals surface area contributed by atoms with Gasteiger partial charge in [0.2, 0.25) is 15.9 Å². The van der Waals surface area contributed by atoms with Crippen LogP contribution in [-0.2, 0) is 30.6 Å². The minimum Gasteiger partial charge on any atom is -0.326 e. The molecule has 0 atom stereocenters. The smallest absolute Gasteiger partial charge is 0.261 e. The third kappa shape index (κ3) is 6.57. The van der Waals surface area contributed by atoms with E-state index in [0.717, 1.165) is 16.7 Å². The van der Waals surface area contributed by atoms with Crippen LogP contribution in [0.3, 0.4) is 0 Å². The van der Waals surface area contributed by atoms with Gasteiger partial charge in [0, 0.05) is 24.7 Å². The van der Waals surface area contributed by atoms with Crippen LogP contribution in [0.15, 0.2) is 77.7 Å². The third-order valence-electron chi connectivity index (χ3n) is 6.56. The number of nitrogens with zero attached hydrogens (tertiary/aromatic N) is 1. The molecule has 0 spiro atoms. The molecule has 4 rings (SSSR count). The summed E-state index contributed by atoms with van der Waals surface area (Å²) in [5.41, 5.74) is 3.42. The summed E-state index contributed by atoms with van der Waals surface area (Å²) in [4.78, 5) is 12.9. The summed E-state index contributed by atoms with van der Waals surface area (Å²) in [6.07, 6.45) is 0.845. The Morgan fingerprint density at radius 2 is 1.43 bits per heavy atom. The van der Waals surface area contributed by atoms with Gasteiger partial charge in [0.15, 0.2) is 0 Å². The van der Waals surface area contributed by atoms with Gasteiger partial charge in [0.25, 0.3) is 10.0 Å². The first kappa shape index (κ1) is 26.8. The van der Waals surface area contributed by atoms with Crippen molar-refractivity contribution in [3.05, 3.63) is 89.5 Å². The number of hydrogen-bond acceptors (Lipinski definition) is 5. The first-order valence-electron chi connectivity index (χ1n) is 12.1. The van der Waals surface area contributed by atoms with E-state index in [1.807, 2.05) is 50.2 Å². The van der Waals surface area contributed by atoms with Crippen LogP contribution < -0.4 is 10.0 Å². The van der Waals surface area contributed by atoms with Crippen molar-refractivity contribution in [3.8, 4) is 0 Å². The highest BCUT2D eigenvalue weighted by Crippen LogP contribution is 2.26. The van der Waals surface area contributed by atoms with E-state index in [-0.39, 0.29) is 35.6 Å². The molecule has 1 amide bonds. The summed E-state index contributed by atoms with van der Waals surface area (Å²) in [7, 11) is -7.24. The minimum atomic E-state index is -3.79. The zero-order chi connectivity index (χ0) is 26.6. The Balaban J connectivity index is 1.33. The van der Waals surface area contributed by atoms with Crippen LogP contribution in [0.5, 0.6) is 0 Å². The molecule has 0 aliphatic carbocycles. The molecule has 0 aromatic heterocycles. The van der Waals surface area contributed by atoms with Crippen LogP contribution in [0, 0.1) is 19.8 Å². The monoisotopic (exact) mass is 541 g/mol. The summed E-state index contributed by atoms with van der Waals surface area (Å²) in [6, 6.07) is 20.6. The first-order valence-corrected chi connectivity index (χ1v) is 15.2. The molecule has 3 aromatic carbocycles. The number of rotatable bonds is 8. The van der Waals surface area contributed by atoms with Gasteiger partial charge < -0.3 is 5.32 Å². The molecule has 0 radical (unpaired) electrons. The lowest BCUT2D eigenvalue weighted by Gasteiger charge is -2.30. The summed E-state index contributed by atoms with van der Waals surface area (Å²) in [5, 5.41) is 2.83. The molecule has 2 N–H and O–H groups in total. The number of para-hydroxylation sites is 1. The van der Waals surface area contributed by atoms with Gasteiger partial charge in [-0.05, 0) is 67.6 Å². The van der Waals surface area contributed by atoms with Crippen molar-refractivity contribution in [2.45, 2.75) is 37.3 Å². The van der Waals surface area contributed by atoms with Gasteiger partial charge in [0.1, 0.15) is 0 Å². The number of carbonyl (C=O) groups is 1. The van der Waals surface area contributed by atoms with Crippen LogP contribution in [0.25, 0.3) is 0 Å².